The molecule has 0 aliphatic heterocycles. The monoisotopic (exact) mass is 284 g/mol. The van der Waals surface area contributed by atoms with Crippen LogP contribution in [-0.2, 0) is 6.42 Å². The fourth-order valence-electron chi connectivity index (χ4n) is 2.47. The highest BCUT2D eigenvalue weighted by atomic mass is 32.2. The number of nitrogens with one attached hydrogen (secondary N) is 1. The van der Waals surface area contributed by atoms with Gasteiger partial charge >= 0.3 is 0 Å². The van der Waals surface area contributed by atoms with E-state index >= 15 is 0 Å². The summed E-state index contributed by atoms with van der Waals surface area (Å²) in [4.78, 5) is 0. The van der Waals surface area contributed by atoms with Gasteiger partial charge in [-0.15, -0.1) is 0 Å². The van der Waals surface area contributed by atoms with Gasteiger partial charge in [-0.3, -0.25) is 11.3 Å². The fourth-order valence-corrected chi connectivity index (χ4v) is 4.61. The van der Waals surface area contributed by atoms with E-state index in [9.17, 15) is 0 Å². The van der Waals surface area contributed by atoms with Gasteiger partial charge < -0.3 is 0 Å². The third-order valence-corrected chi connectivity index (χ3v) is 5.95. The van der Waals surface area contributed by atoms with Crippen molar-refractivity contribution in [2.45, 2.75) is 56.2 Å². The van der Waals surface area contributed by atoms with Gasteiger partial charge in [0, 0.05) is 17.0 Å². The highest BCUT2D eigenvalue weighted by Crippen LogP contribution is 2.28. The zero-order chi connectivity index (χ0) is 12.6. The molecule has 0 radical (unpaired) electrons. The highest BCUT2D eigenvalue weighted by Gasteiger charge is 2.16. The molecule has 1 aromatic rings. The summed E-state index contributed by atoms with van der Waals surface area (Å²) in [7, 11) is 0. The largest absolute Gasteiger partial charge is 0.271 e. The van der Waals surface area contributed by atoms with E-state index in [1.54, 1.807) is 11.3 Å². The van der Waals surface area contributed by atoms with Crippen LogP contribution in [0.1, 0.15) is 44.1 Å². The number of thioether (sulfide) groups is 1. The molecule has 3 N–H and O–H groups in total. The molecule has 1 aliphatic carbocycles. The molecule has 1 aliphatic rings. The Hall–Kier alpha value is -0.0300. The van der Waals surface area contributed by atoms with Crippen LogP contribution in [0.15, 0.2) is 16.8 Å². The maximum atomic E-state index is 5.67. The summed E-state index contributed by atoms with van der Waals surface area (Å²) in [6.45, 7) is 0. The first-order chi connectivity index (χ1) is 8.88. The molecule has 1 fully saturated rings. The van der Waals surface area contributed by atoms with Crippen LogP contribution in [0.5, 0.6) is 0 Å². The van der Waals surface area contributed by atoms with Crippen LogP contribution in [0.2, 0.25) is 0 Å². The zero-order valence-electron chi connectivity index (χ0n) is 10.9. The van der Waals surface area contributed by atoms with Crippen molar-refractivity contribution in [3.05, 3.63) is 22.4 Å². The van der Waals surface area contributed by atoms with Crippen molar-refractivity contribution in [3.8, 4) is 0 Å². The number of aryl methyl sites for hydroxylation is 1. The Morgan fingerprint density at radius 2 is 2.22 bits per heavy atom. The molecule has 1 saturated carbocycles. The number of hydrogen-bond donors (Lipinski definition) is 2. The van der Waals surface area contributed by atoms with Crippen molar-refractivity contribution in [2.24, 2.45) is 5.84 Å². The number of rotatable bonds is 7. The van der Waals surface area contributed by atoms with Crippen molar-refractivity contribution in [3.63, 3.8) is 0 Å². The molecular weight excluding hydrogens is 260 g/mol. The molecule has 4 heteroatoms. The lowest BCUT2D eigenvalue weighted by molar-refractivity contribution is 0.509. The van der Waals surface area contributed by atoms with Crippen molar-refractivity contribution in [1.82, 2.24) is 5.43 Å². The van der Waals surface area contributed by atoms with E-state index in [2.05, 4.69) is 34.0 Å². The summed E-state index contributed by atoms with van der Waals surface area (Å²) in [6.07, 6.45) is 9.39. The van der Waals surface area contributed by atoms with Gasteiger partial charge in [-0.05, 0) is 48.1 Å². The third kappa shape index (κ3) is 4.92. The van der Waals surface area contributed by atoms with Crippen molar-refractivity contribution in [1.29, 1.82) is 0 Å². The summed E-state index contributed by atoms with van der Waals surface area (Å²) in [6, 6.07) is 2.67. The summed E-state index contributed by atoms with van der Waals surface area (Å²) in [5, 5.41) is 5.27. The summed E-state index contributed by atoms with van der Waals surface area (Å²) in [5.41, 5.74) is 4.43. The van der Waals surface area contributed by atoms with Gasteiger partial charge in [0.2, 0.25) is 0 Å². The maximum absolute atomic E-state index is 5.67. The lowest BCUT2D eigenvalue weighted by atomic mass is 10.0. The Kier molecular flexibility index (Phi) is 6.55. The van der Waals surface area contributed by atoms with Crippen LogP contribution in [0, 0.1) is 0 Å². The average Bonchev–Trinajstić information content (AvgIpc) is 2.93. The molecule has 1 unspecified atom stereocenters. The Bertz CT molecular complexity index is 308. The summed E-state index contributed by atoms with van der Waals surface area (Å²) in [5.74, 6) is 6.83. The van der Waals surface area contributed by atoms with Gasteiger partial charge in [0.05, 0.1) is 0 Å². The number of hydrazine groups is 1. The van der Waals surface area contributed by atoms with Crippen LogP contribution in [-0.4, -0.2) is 17.0 Å². The molecule has 2 nitrogen and oxygen atoms in total. The van der Waals surface area contributed by atoms with Crippen LogP contribution >= 0.6 is 23.1 Å². The molecular formula is C14H24N2S2. The minimum Gasteiger partial charge on any atom is -0.271 e. The molecule has 18 heavy (non-hydrogen) atoms. The smallest absolute Gasteiger partial charge is 0.0304 e. The maximum Gasteiger partial charge on any atom is 0.0304 e. The first-order valence-corrected chi connectivity index (χ1v) is 8.96. The van der Waals surface area contributed by atoms with Crippen LogP contribution in [0.4, 0.5) is 0 Å². The first kappa shape index (κ1) is 14.4. The van der Waals surface area contributed by atoms with Gasteiger partial charge in [-0.1, -0.05) is 19.3 Å². The second-order valence-corrected chi connectivity index (χ2v) is 7.24. The molecule has 0 saturated heterocycles. The zero-order valence-corrected chi connectivity index (χ0v) is 12.6. The average molecular weight is 284 g/mol. The van der Waals surface area contributed by atoms with E-state index in [0.29, 0.717) is 6.04 Å². The van der Waals surface area contributed by atoms with E-state index in [1.807, 2.05) is 0 Å². The van der Waals surface area contributed by atoms with E-state index in [1.165, 1.54) is 37.7 Å². The molecule has 1 atom stereocenters. The van der Waals surface area contributed by atoms with Crippen LogP contribution < -0.4 is 11.3 Å². The molecule has 0 bridgehead atoms. The van der Waals surface area contributed by atoms with Gasteiger partial charge in [-0.2, -0.15) is 23.1 Å². The minimum atomic E-state index is 0.455. The van der Waals surface area contributed by atoms with Crippen LogP contribution in [0.25, 0.3) is 0 Å². The van der Waals surface area contributed by atoms with E-state index in [0.717, 1.165) is 23.8 Å². The SMILES string of the molecule is NNC(CCc1ccsc1)CSC1CCCCC1. The molecule has 1 aromatic heterocycles. The minimum absolute atomic E-state index is 0.455. The Morgan fingerprint density at radius 3 is 2.89 bits per heavy atom. The second kappa shape index (κ2) is 8.20. The van der Waals surface area contributed by atoms with Gasteiger partial charge in [0.15, 0.2) is 0 Å². The van der Waals surface area contributed by atoms with Crippen molar-refractivity contribution in [2.75, 3.05) is 5.75 Å². The quantitative estimate of drug-likeness (QED) is 0.594. The second-order valence-electron chi connectivity index (χ2n) is 5.13. The van der Waals surface area contributed by atoms with Gasteiger partial charge in [0.25, 0.3) is 0 Å². The molecule has 0 aromatic carbocycles. The van der Waals surface area contributed by atoms with E-state index in [4.69, 9.17) is 5.84 Å². The predicted molar refractivity (Wildman–Crippen MR) is 83.1 cm³/mol. The number of nitrogens with two attached hydrogens (primary N) is 1. The Labute approximate surface area is 119 Å². The van der Waals surface area contributed by atoms with Gasteiger partial charge in [0.1, 0.15) is 0 Å². The fraction of sp³-hybridized carbons (Fsp3) is 0.714. The van der Waals surface area contributed by atoms with E-state index < -0.39 is 0 Å². The molecule has 1 heterocycles. The normalized spacial score (nSPS) is 18.9. The van der Waals surface area contributed by atoms with Crippen LogP contribution in [0.3, 0.4) is 0 Å². The summed E-state index contributed by atoms with van der Waals surface area (Å²) >= 11 is 3.91. The predicted octanol–water partition coefficient (Wildman–Crippen LogP) is 3.58. The Balaban J connectivity index is 1.65. The number of thiophene rings is 1. The topological polar surface area (TPSA) is 38.0 Å². The number of hydrogen-bond acceptors (Lipinski definition) is 4. The summed E-state index contributed by atoms with van der Waals surface area (Å²) < 4.78 is 0. The molecule has 0 amide bonds. The lowest BCUT2D eigenvalue weighted by Gasteiger charge is -2.23. The highest BCUT2D eigenvalue weighted by molar-refractivity contribution is 7.99. The van der Waals surface area contributed by atoms with Crippen molar-refractivity contribution < 1.29 is 0 Å². The molecule has 102 valence electrons. The lowest BCUT2D eigenvalue weighted by Crippen LogP contribution is -2.37. The molecule has 2 rings (SSSR count). The standard InChI is InChI=1S/C14H24N2S2/c15-16-13(7-6-12-8-9-17-10-12)11-18-14-4-2-1-3-5-14/h8-10,13-14,16H,1-7,11,15H2. The molecule has 0 spiro atoms. The third-order valence-electron chi connectivity index (χ3n) is 3.68. The van der Waals surface area contributed by atoms with Gasteiger partial charge in [-0.25, -0.2) is 0 Å². The van der Waals surface area contributed by atoms with Crippen molar-refractivity contribution >= 4 is 23.1 Å². The Morgan fingerprint density at radius 1 is 1.39 bits per heavy atom. The van der Waals surface area contributed by atoms with E-state index in [-0.39, 0.29) is 0 Å². The first-order valence-electron chi connectivity index (χ1n) is 6.97.